The molecule has 9 heteroatoms. The monoisotopic (exact) mass is 426 g/mol. The topological polar surface area (TPSA) is 104 Å². The van der Waals surface area contributed by atoms with Crippen LogP contribution in [0.4, 0.5) is 0 Å². The molecule has 0 aliphatic carbocycles. The Kier molecular flexibility index (Phi) is 7.73. The third-order valence-corrected chi connectivity index (χ3v) is 7.61. The van der Waals surface area contributed by atoms with E-state index in [1.807, 2.05) is 13.8 Å². The Morgan fingerprint density at radius 2 is 1.32 bits per heavy atom. The predicted octanol–water partition coefficient (Wildman–Crippen LogP) is 1.66. The number of nitrogens with one attached hydrogen (secondary N) is 1. The van der Waals surface area contributed by atoms with Crippen molar-refractivity contribution in [3.63, 3.8) is 0 Å². The van der Waals surface area contributed by atoms with Gasteiger partial charge < -0.3 is 5.11 Å². The van der Waals surface area contributed by atoms with Gasteiger partial charge in [0, 0.05) is 19.6 Å². The maximum Gasteiger partial charge on any atom is 0.243 e. The first kappa shape index (κ1) is 22.5. The molecule has 0 aliphatic heterocycles. The molecule has 0 bridgehead atoms. The van der Waals surface area contributed by atoms with E-state index in [0.29, 0.717) is 0 Å². The number of benzene rings is 2. The first-order valence-corrected chi connectivity index (χ1v) is 11.8. The number of aliphatic hydroxyl groups excluding tert-OH is 1. The van der Waals surface area contributed by atoms with Crippen molar-refractivity contribution >= 4 is 20.0 Å². The summed E-state index contributed by atoms with van der Waals surface area (Å²) in [4.78, 5) is 0.310. The summed E-state index contributed by atoms with van der Waals surface area (Å²) >= 11 is 0. The predicted molar refractivity (Wildman–Crippen MR) is 108 cm³/mol. The lowest BCUT2D eigenvalue weighted by molar-refractivity contribution is 0.252. The molecular weight excluding hydrogens is 400 g/mol. The van der Waals surface area contributed by atoms with E-state index in [1.165, 1.54) is 24.3 Å². The molecule has 0 saturated heterocycles. The van der Waals surface area contributed by atoms with Crippen LogP contribution in [0.1, 0.15) is 17.5 Å². The second kappa shape index (κ2) is 9.62. The fourth-order valence-corrected chi connectivity index (χ4v) is 5.13. The molecule has 0 heterocycles. The van der Waals surface area contributed by atoms with Gasteiger partial charge in [-0.1, -0.05) is 35.4 Å². The SMILES string of the molecule is Cc1ccc(S(=O)(=O)NCCCN(CCO)S(=O)(=O)c2ccc(C)cc2)cc1. The Morgan fingerprint density at radius 1 is 0.821 bits per heavy atom. The molecule has 0 atom stereocenters. The molecular formula is C19H26N2O5S2. The highest BCUT2D eigenvalue weighted by Crippen LogP contribution is 2.16. The van der Waals surface area contributed by atoms with Crippen molar-refractivity contribution in [1.82, 2.24) is 9.03 Å². The lowest BCUT2D eigenvalue weighted by atomic mass is 10.2. The van der Waals surface area contributed by atoms with Crippen molar-refractivity contribution in [2.24, 2.45) is 0 Å². The van der Waals surface area contributed by atoms with Gasteiger partial charge in [0.2, 0.25) is 20.0 Å². The van der Waals surface area contributed by atoms with Gasteiger partial charge in [-0.05, 0) is 44.5 Å². The van der Waals surface area contributed by atoms with Gasteiger partial charge in [-0.15, -0.1) is 0 Å². The van der Waals surface area contributed by atoms with Crippen LogP contribution < -0.4 is 4.72 Å². The van der Waals surface area contributed by atoms with E-state index in [0.717, 1.165) is 15.4 Å². The molecule has 0 fully saturated rings. The van der Waals surface area contributed by atoms with Gasteiger partial charge in [0.15, 0.2) is 0 Å². The number of nitrogens with zero attached hydrogens (tertiary/aromatic N) is 1. The summed E-state index contributed by atoms with van der Waals surface area (Å²) in [5.74, 6) is 0. The number of rotatable bonds is 10. The summed E-state index contributed by atoms with van der Waals surface area (Å²) in [6.07, 6.45) is 0.274. The molecule has 0 amide bonds. The van der Waals surface area contributed by atoms with Crippen LogP contribution in [-0.4, -0.2) is 52.5 Å². The summed E-state index contributed by atoms with van der Waals surface area (Å²) in [6, 6.07) is 12.9. The zero-order chi connectivity index (χ0) is 20.8. The van der Waals surface area contributed by atoms with E-state index >= 15 is 0 Å². The maximum absolute atomic E-state index is 12.8. The van der Waals surface area contributed by atoms with Crippen molar-refractivity contribution < 1.29 is 21.9 Å². The quantitative estimate of drug-likeness (QED) is 0.562. The van der Waals surface area contributed by atoms with Crippen LogP contribution in [0.3, 0.4) is 0 Å². The van der Waals surface area contributed by atoms with Gasteiger partial charge in [0.25, 0.3) is 0 Å². The fraction of sp³-hybridized carbons (Fsp3) is 0.368. The Morgan fingerprint density at radius 3 is 1.82 bits per heavy atom. The molecule has 0 aromatic heterocycles. The Hall–Kier alpha value is -1.78. The maximum atomic E-state index is 12.8. The number of aryl methyl sites for hydroxylation is 2. The zero-order valence-electron chi connectivity index (χ0n) is 16.0. The second-order valence-electron chi connectivity index (χ2n) is 6.51. The largest absolute Gasteiger partial charge is 0.395 e. The second-order valence-corrected chi connectivity index (χ2v) is 10.2. The lowest BCUT2D eigenvalue weighted by Gasteiger charge is -2.21. The summed E-state index contributed by atoms with van der Waals surface area (Å²) in [6.45, 7) is 3.53. The third-order valence-electron chi connectivity index (χ3n) is 4.22. The molecule has 2 rings (SSSR count). The standard InChI is InChI=1S/C19H26N2O5S2/c1-16-4-8-18(9-5-16)27(23,24)20-12-3-13-21(14-15-22)28(25,26)19-10-6-17(2)7-11-19/h4-11,20,22H,3,12-15H2,1-2H3. The van der Waals surface area contributed by atoms with Crippen molar-refractivity contribution in [2.75, 3.05) is 26.2 Å². The highest BCUT2D eigenvalue weighted by molar-refractivity contribution is 7.89. The van der Waals surface area contributed by atoms with E-state index in [9.17, 15) is 21.9 Å². The number of sulfonamides is 2. The minimum absolute atomic E-state index is 0.0546. The summed E-state index contributed by atoms with van der Waals surface area (Å²) < 4.78 is 53.7. The van der Waals surface area contributed by atoms with Gasteiger partial charge in [-0.3, -0.25) is 0 Å². The molecule has 28 heavy (non-hydrogen) atoms. The van der Waals surface area contributed by atoms with Crippen LogP contribution >= 0.6 is 0 Å². The molecule has 2 aromatic rings. The Balaban J connectivity index is 1.99. The van der Waals surface area contributed by atoms with Crippen LogP contribution in [0, 0.1) is 13.8 Å². The van der Waals surface area contributed by atoms with Crippen molar-refractivity contribution in [3.8, 4) is 0 Å². The van der Waals surface area contributed by atoms with Gasteiger partial charge in [0.1, 0.15) is 0 Å². The highest BCUT2D eigenvalue weighted by Gasteiger charge is 2.23. The average Bonchev–Trinajstić information content (AvgIpc) is 2.65. The molecule has 0 spiro atoms. The van der Waals surface area contributed by atoms with E-state index in [4.69, 9.17) is 0 Å². The molecule has 0 radical (unpaired) electrons. The molecule has 0 unspecified atom stereocenters. The molecule has 154 valence electrons. The minimum atomic E-state index is -3.76. The third kappa shape index (κ3) is 5.86. The smallest absolute Gasteiger partial charge is 0.243 e. The number of hydrogen-bond donors (Lipinski definition) is 2. The first-order chi connectivity index (χ1) is 13.2. The molecule has 0 aliphatic rings. The highest BCUT2D eigenvalue weighted by atomic mass is 32.2. The van der Waals surface area contributed by atoms with Gasteiger partial charge >= 0.3 is 0 Å². The summed E-state index contributed by atoms with van der Waals surface area (Å²) in [5.41, 5.74) is 1.90. The zero-order valence-corrected chi connectivity index (χ0v) is 17.6. The summed E-state index contributed by atoms with van der Waals surface area (Å²) in [7, 11) is -7.40. The summed E-state index contributed by atoms with van der Waals surface area (Å²) in [5, 5.41) is 9.23. The fourth-order valence-electron chi connectivity index (χ4n) is 2.59. The molecule has 0 saturated carbocycles. The van der Waals surface area contributed by atoms with E-state index in [-0.39, 0.29) is 42.5 Å². The van der Waals surface area contributed by atoms with Crippen molar-refractivity contribution in [3.05, 3.63) is 59.7 Å². The van der Waals surface area contributed by atoms with Crippen LogP contribution in [0.25, 0.3) is 0 Å². The average molecular weight is 427 g/mol. The van der Waals surface area contributed by atoms with Crippen LogP contribution in [0.15, 0.2) is 58.3 Å². The molecule has 2 aromatic carbocycles. The van der Waals surface area contributed by atoms with Gasteiger partial charge in [-0.2, -0.15) is 4.31 Å². The van der Waals surface area contributed by atoms with Gasteiger partial charge in [0.05, 0.1) is 16.4 Å². The minimum Gasteiger partial charge on any atom is -0.395 e. The van der Waals surface area contributed by atoms with Crippen LogP contribution in [0.2, 0.25) is 0 Å². The normalized spacial score (nSPS) is 12.4. The Labute approximate surface area is 167 Å². The van der Waals surface area contributed by atoms with Crippen LogP contribution in [-0.2, 0) is 20.0 Å². The van der Waals surface area contributed by atoms with Crippen molar-refractivity contribution in [2.45, 2.75) is 30.1 Å². The van der Waals surface area contributed by atoms with Crippen molar-refractivity contribution in [1.29, 1.82) is 0 Å². The van der Waals surface area contributed by atoms with Gasteiger partial charge in [-0.25, -0.2) is 21.6 Å². The van der Waals surface area contributed by atoms with E-state index in [2.05, 4.69) is 4.72 Å². The molecule has 2 N–H and O–H groups in total. The molecule has 7 nitrogen and oxygen atoms in total. The van der Waals surface area contributed by atoms with E-state index < -0.39 is 20.0 Å². The lowest BCUT2D eigenvalue weighted by Crippen LogP contribution is -2.36. The number of aliphatic hydroxyl groups is 1. The van der Waals surface area contributed by atoms with Crippen LogP contribution in [0.5, 0.6) is 0 Å². The van der Waals surface area contributed by atoms with E-state index in [1.54, 1.807) is 24.3 Å². The first-order valence-electron chi connectivity index (χ1n) is 8.91. The Bertz CT molecular complexity index is 970. The number of hydrogen-bond acceptors (Lipinski definition) is 5.